The summed E-state index contributed by atoms with van der Waals surface area (Å²) < 4.78 is 16.8. The molecule has 1 aliphatic carbocycles. The molecule has 7 nitrogen and oxygen atoms in total. The van der Waals surface area contributed by atoms with Gasteiger partial charge in [-0.15, -0.1) is 11.3 Å². The molecule has 1 heterocycles. The number of carbonyl (C=O) groups excluding carboxylic acids is 1. The maximum Gasteiger partial charge on any atom is 0.311 e. The second-order valence-corrected chi connectivity index (χ2v) is 7.52. The van der Waals surface area contributed by atoms with E-state index in [1.807, 2.05) is 30.5 Å². The van der Waals surface area contributed by atoms with E-state index >= 15 is 0 Å². The van der Waals surface area contributed by atoms with Crippen molar-refractivity contribution in [2.45, 2.75) is 52.1 Å². The van der Waals surface area contributed by atoms with E-state index in [1.165, 1.54) is 24.2 Å². The van der Waals surface area contributed by atoms with Crippen LogP contribution in [0.2, 0.25) is 0 Å². The van der Waals surface area contributed by atoms with Crippen molar-refractivity contribution in [1.29, 1.82) is 0 Å². The van der Waals surface area contributed by atoms with Gasteiger partial charge in [-0.3, -0.25) is 10.2 Å². The number of nitrogens with zero attached hydrogens (tertiary/aromatic N) is 2. The number of benzene rings is 1. The number of anilines is 1. The van der Waals surface area contributed by atoms with Gasteiger partial charge in [-0.2, -0.15) is 5.10 Å². The summed E-state index contributed by atoms with van der Waals surface area (Å²) in [5, 5.41) is 6.67. The van der Waals surface area contributed by atoms with E-state index in [2.05, 4.69) is 15.5 Å². The van der Waals surface area contributed by atoms with Crippen LogP contribution < -0.4 is 14.9 Å². The van der Waals surface area contributed by atoms with Gasteiger partial charge in [-0.25, -0.2) is 4.98 Å². The third-order valence-corrected chi connectivity index (χ3v) is 5.22. The number of aromatic nitrogens is 1. The molecule has 8 heteroatoms. The molecule has 1 saturated carbocycles. The molecule has 2 aromatic rings. The Hall–Kier alpha value is -2.61. The van der Waals surface area contributed by atoms with E-state index in [-0.39, 0.29) is 18.5 Å². The molecule has 1 N–H and O–H groups in total. The number of esters is 1. The molecule has 0 bridgehead atoms. The van der Waals surface area contributed by atoms with Crippen LogP contribution in [0.4, 0.5) is 5.13 Å². The minimum Gasteiger partial charge on any atom is -0.490 e. The van der Waals surface area contributed by atoms with Crippen molar-refractivity contribution < 1.29 is 19.0 Å². The van der Waals surface area contributed by atoms with Crippen LogP contribution in [-0.4, -0.2) is 36.5 Å². The van der Waals surface area contributed by atoms with Gasteiger partial charge in [0.15, 0.2) is 11.5 Å². The first-order valence-electron chi connectivity index (χ1n) is 10.0. The fraction of sp³-hybridized carbons (Fsp3) is 0.476. The molecule has 1 aromatic carbocycles. The molecule has 0 atom stereocenters. The van der Waals surface area contributed by atoms with Crippen LogP contribution in [-0.2, 0) is 16.0 Å². The highest BCUT2D eigenvalue weighted by Gasteiger charge is 2.18. The fourth-order valence-corrected chi connectivity index (χ4v) is 3.78. The maximum atomic E-state index is 11.5. The minimum absolute atomic E-state index is 0.163. The molecule has 0 unspecified atom stereocenters. The molecule has 3 rings (SSSR count). The molecule has 0 aliphatic heterocycles. The lowest BCUT2D eigenvalue weighted by Gasteiger charge is -2.16. The van der Waals surface area contributed by atoms with Crippen LogP contribution >= 0.6 is 11.3 Å². The summed E-state index contributed by atoms with van der Waals surface area (Å²) in [6, 6.07) is 5.81. The van der Waals surface area contributed by atoms with E-state index in [1.54, 1.807) is 13.1 Å². The number of hydrogen-bond donors (Lipinski definition) is 1. The first-order valence-corrected chi connectivity index (χ1v) is 10.9. The standard InChI is InChI=1S/C21H27N3O4S/c1-3-26-19-11-15(9-10-18(19)28-17-7-5-6-8-17)13-22-24-21-23-16(14-29-21)12-20(25)27-4-2/h9-11,13-14,17H,3-8,12H2,1-2H3,(H,23,24). The van der Waals surface area contributed by atoms with Crippen LogP contribution in [0.3, 0.4) is 0 Å². The van der Waals surface area contributed by atoms with Gasteiger partial charge in [0.1, 0.15) is 0 Å². The Morgan fingerprint density at radius 3 is 2.86 bits per heavy atom. The Balaban J connectivity index is 1.59. The second-order valence-electron chi connectivity index (χ2n) is 6.66. The average Bonchev–Trinajstić information content (AvgIpc) is 3.36. The van der Waals surface area contributed by atoms with Crippen LogP contribution in [0.5, 0.6) is 11.5 Å². The largest absolute Gasteiger partial charge is 0.490 e. The van der Waals surface area contributed by atoms with Crippen LogP contribution in [0.15, 0.2) is 28.7 Å². The van der Waals surface area contributed by atoms with Crippen molar-refractivity contribution in [1.82, 2.24) is 4.98 Å². The van der Waals surface area contributed by atoms with E-state index in [0.29, 0.717) is 24.0 Å². The zero-order valence-corrected chi connectivity index (χ0v) is 17.7. The van der Waals surface area contributed by atoms with Gasteiger partial charge >= 0.3 is 5.97 Å². The third-order valence-electron chi connectivity index (χ3n) is 4.42. The van der Waals surface area contributed by atoms with Gasteiger partial charge in [-0.1, -0.05) is 0 Å². The number of nitrogens with one attached hydrogen (secondary N) is 1. The van der Waals surface area contributed by atoms with Crippen molar-refractivity contribution in [2.75, 3.05) is 18.6 Å². The summed E-state index contributed by atoms with van der Waals surface area (Å²) in [4.78, 5) is 15.8. The normalized spacial score (nSPS) is 14.3. The quantitative estimate of drug-likeness (QED) is 0.350. The number of rotatable bonds is 10. The summed E-state index contributed by atoms with van der Waals surface area (Å²) in [5.74, 6) is 1.23. The number of ether oxygens (including phenoxy) is 3. The summed E-state index contributed by atoms with van der Waals surface area (Å²) in [7, 11) is 0. The number of hydrazone groups is 1. The summed E-state index contributed by atoms with van der Waals surface area (Å²) in [6.45, 7) is 4.68. The van der Waals surface area contributed by atoms with Gasteiger partial charge in [-0.05, 0) is 63.3 Å². The molecular formula is C21H27N3O4S. The molecule has 0 radical (unpaired) electrons. The first kappa shape index (κ1) is 21.1. The van der Waals surface area contributed by atoms with Crippen molar-refractivity contribution in [3.63, 3.8) is 0 Å². The number of hydrogen-bond acceptors (Lipinski definition) is 8. The molecule has 1 aliphatic rings. The van der Waals surface area contributed by atoms with Gasteiger partial charge in [0.2, 0.25) is 5.13 Å². The highest BCUT2D eigenvalue weighted by molar-refractivity contribution is 7.13. The van der Waals surface area contributed by atoms with Crippen LogP contribution in [0.25, 0.3) is 0 Å². The van der Waals surface area contributed by atoms with Crippen molar-refractivity contribution in [2.24, 2.45) is 5.10 Å². The Labute approximate surface area is 175 Å². The molecule has 1 aromatic heterocycles. The molecule has 1 fully saturated rings. The van der Waals surface area contributed by atoms with Crippen molar-refractivity contribution in [3.05, 3.63) is 34.8 Å². The Morgan fingerprint density at radius 2 is 2.10 bits per heavy atom. The van der Waals surface area contributed by atoms with E-state index in [0.717, 1.165) is 29.9 Å². The second kappa shape index (κ2) is 10.8. The van der Waals surface area contributed by atoms with Crippen LogP contribution in [0.1, 0.15) is 50.8 Å². The fourth-order valence-electron chi connectivity index (χ4n) is 3.12. The van der Waals surface area contributed by atoms with Gasteiger partial charge in [0, 0.05) is 5.38 Å². The first-order chi connectivity index (χ1) is 14.2. The highest BCUT2D eigenvalue weighted by Crippen LogP contribution is 2.32. The SMILES string of the molecule is CCOC(=O)Cc1csc(NN=Cc2ccc(OC3CCCC3)c(OCC)c2)n1. The molecule has 29 heavy (non-hydrogen) atoms. The zero-order chi connectivity index (χ0) is 20.5. The Morgan fingerprint density at radius 1 is 1.28 bits per heavy atom. The zero-order valence-electron chi connectivity index (χ0n) is 16.8. The van der Waals surface area contributed by atoms with Gasteiger partial charge < -0.3 is 14.2 Å². The summed E-state index contributed by atoms with van der Waals surface area (Å²) >= 11 is 1.39. The lowest BCUT2D eigenvalue weighted by molar-refractivity contribution is -0.142. The van der Waals surface area contributed by atoms with Gasteiger partial charge in [0.25, 0.3) is 0 Å². The molecule has 0 saturated heterocycles. The molecule has 156 valence electrons. The predicted octanol–water partition coefficient (Wildman–Crippen LogP) is 4.41. The van der Waals surface area contributed by atoms with E-state index in [4.69, 9.17) is 14.2 Å². The average molecular weight is 418 g/mol. The lowest BCUT2D eigenvalue weighted by Crippen LogP contribution is -2.12. The maximum absolute atomic E-state index is 11.5. The monoisotopic (exact) mass is 417 g/mol. The van der Waals surface area contributed by atoms with E-state index < -0.39 is 0 Å². The highest BCUT2D eigenvalue weighted by atomic mass is 32.1. The summed E-state index contributed by atoms with van der Waals surface area (Å²) in [5.41, 5.74) is 4.45. The van der Waals surface area contributed by atoms with Crippen molar-refractivity contribution >= 4 is 28.7 Å². The smallest absolute Gasteiger partial charge is 0.311 e. The number of carbonyl (C=O) groups is 1. The molecule has 0 spiro atoms. The minimum atomic E-state index is -0.281. The predicted molar refractivity (Wildman–Crippen MR) is 114 cm³/mol. The van der Waals surface area contributed by atoms with E-state index in [9.17, 15) is 4.79 Å². The van der Waals surface area contributed by atoms with Crippen molar-refractivity contribution in [3.8, 4) is 11.5 Å². The Kier molecular flexibility index (Phi) is 7.86. The molecule has 0 amide bonds. The van der Waals surface area contributed by atoms with Gasteiger partial charge in [0.05, 0.1) is 37.6 Å². The Bertz CT molecular complexity index is 831. The molecular weight excluding hydrogens is 390 g/mol. The lowest BCUT2D eigenvalue weighted by atomic mass is 10.2. The third kappa shape index (κ3) is 6.45. The number of thiazole rings is 1. The topological polar surface area (TPSA) is 82.0 Å². The van der Waals surface area contributed by atoms with Crippen LogP contribution in [0, 0.1) is 0 Å². The summed E-state index contributed by atoms with van der Waals surface area (Å²) in [6.07, 6.45) is 6.80.